The summed E-state index contributed by atoms with van der Waals surface area (Å²) in [4.78, 5) is 24.1. The first-order valence-electron chi connectivity index (χ1n) is 9.25. The Hall–Kier alpha value is -2.43. The molecule has 1 amide bonds. The van der Waals surface area contributed by atoms with Crippen molar-refractivity contribution in [2.75, 3.05) is 24.5 Å². The minimum Gasteiger partial charge on any atom is -0.356 e. The molecule has 2 heterocycles. The number of hydrogen-bond acceptors (Lipinski definition) is 4. The smallest absolute Gasteiger partial charge is 0.270 e. The SMILES string of the molecule is CCCNC(=O)c1cc(N2CCCCCC2)nc(-c2ccccc2)n1. The van der Waals surface area contributed by atoms with E-state index >= 15 is 0 Å². The van der Waals surface area contributed by atoms with Crippen LogP contribution in [-0.4, -0.2) is 35.5 Å². The highest BCUT2D eigenvalue weighted by Crippen LogP contribution is 2.22. The predicted molar refractivity (Wildman–Crippen MR) is 101 cm³/mol. The number of rotatable bonds is 5. The van der Waals surface area contributed by atoms with Crippen LogP contribution in [0.15, 0.2) is 36.4 Å². The third-order valence-electron chi connectivity index (χ3n) is 4.44. The minimum absolute atomic E-state index is 0.127. The highest BCUT2D eigenvalue weighted by molar-refractivity contribution is 5.93. The highest BCUT2D eigenvalue weighted by Gasteiger charge is 2.17. The number of nitrogens with one attached hydrogen (secondary N) is 1. The van der Waals surface area contributed by atoms with Crippen LogP contribution < -0.4 is 10.2 Å². The average Bonchev–Trinajstić information content (AvgIpc) is 2.96. The summed E-state index contributed by atoms with van der Waals surface area (Å²) in [5.74, 6) is 1.35. The molecule has 3 rings (SSSR count). The van der Waals surface area contributed by atoms with Gasteiger partial charge < -0.3 is 10.2 Å². The number of carbonyl (C=O) groups is 1. The van der Waals surface area contributed by atoms with E-state index in [1.165, 1.54) is 25.7 Å². The van der Waals surface area contributed by atoms with E-state index in [9.17, 15) is 4.79 Å². The summed E-state index contributed by atoms with van der Waals surface area (Å²) in [6.07, 6.45) is 5.76. The van der Waals surface area contributed by atoms with Gasteiger partial charge in [-0.3, -0.25) is 4.79 Å². The van der Waals surface area contributed by atoms with E-state index in [2.05, 4.69) is 15.2 Å². The highest BCUT2D eigenvalue weighted by atomic mass is 16.1. The van der Waals surface area contributed by atoms with Crippen LogP contribution in [0.4, 0.5) is 5.82 Å². The van der Waals surface area contributed by atoms with Crippen molar-refractivity contribution in [3.8, 4) is 11.4 Å². The van der Waals surface area contributed by atoms with Crippen molar-refractivity contribution >= 4 is 11.7 Å². The van der Waals surface area contributed by atoms with Gasteiger partial charge in [-0.05, 0) is 19.3 Å². The molecule has 5 nitrogen and oxygen atoms in total. The van der Waals surface area contributed by atoms with Crippen LogP contribution in [0.25, 0.3) is 11.4 Å². The fourth-order valence-corrected chi connectivity index (χ4v) is 3.06. The Balaban J connectivity index is 1.97. The van der Waals surface area contributed by atoms with Gasteiger partial charge >= 0.3 is 0 Å². The van der Waals surface area contributed by atoms with Crippen LogP contribution >= 0.6 is 0 Å². The van der Waals surface area contributed by atoms with Crippen molar-refractivity contribution in [3.63, 3.8) is 0 Å². The minimum atomic E-state index is -0.127. The molecule has 132 valence electrons. The zero-order valence-electron chi connectivity index (χ0n) is 14.9. The maximum absolute atomic E-state index is 12.5. The average molecular weight is 338 g/mol. The van der Waals surface area contributed by atoms with E-state index in [4.69, 9.17) is 4.98 Å². The maximum Gasteiger partial charge on any atom is 0.270 e. The monoisotopic (exact) mass is 338 g/mol. The third kappa shape index (κ3) is 4.56. The third-order valence-corrected chi connectivity index (χ3v) is 4.44. The second-order valence-corrected chi connectivity index (χ2v) is 6.46. The zero-order valence-corrected chi connectivity index (χ0v) is 14.9. The number of carbonyl (C=O) groups excluding carboxylic acids is 1. The number of anilines is 1. The summed E-state index contributed by atoms with van der Waals surface area (Å²) in [6, 6.07) is 11.7. The van der Waals surface area contributed by atoms with E-state index in [1.807, 2.05) is 43.3 Å². The van der Waals surface area contributed by atoms with Crippen molar-refractivity contribution in [1.29, 1.82) is 0 Å². The van der Waals surface area contributed by atoms with E-state index in [0.29, 0.717) is 18.1 Å². The van der Waals surface area contributed by atoms with Gasteiger partial charge in [0.25, 0.3) is 5.91 Å². The van der Waals surface area contributed by atoms with Crippen molar-refractivity contribution in [2.24, 2.45) is 0 Å². The van der Waals surface area contributed by atoms with Crippen LogP contribution in [0.1, 0.15) is 49.5 Å². The Kier molecular flexibility index (Phi) is 5.99. The maximum atomic E-state index is 12.5. The van der Waals surface area contributed by atoms with Gasteiger partial charge in [0.2, 0.25) is 0 Å². The normalized spacial score (nSPS) is 14.8. The van der Waals surface area contributed by atoms with Gasteiger partial charge in [0.05, 0.1) is 0 Å². The Morgan fingerprint density at radius 3 is 2.48 bits per heavy atom. The number of benzene rings is 1. The Morgan fingerprint density at radius 1 is 1.08 bits per heavy atom. The van der Waals surface area contributed by atoms with Gasteiger partial charge in [-0.2, -0.15) is 0 Å². The first-order valence-corrected chi connectivity index (χ1v) is 9.25. The van der Waals surface area contributed by atoms with Crippen LogP contribution in [0.2, 0.25) is 0 Å². The molecule has 2 aromatic rings. The number of hydrogen-bond donors (Lipinski definition) is 1. The van der Waals surface area contributed by atoms with Crippen molar-refractivity contribution in [2.45, 2.75) is 39.0 Å². The number of nitrogens with zero attached hydrogens (tertiary/aromatic N) is 3. The van der Waals surface area contributed by atoms with Gasteiger partial charge in [-0.1, -0.05) is 50.1 Å². The lowest BCUT2D eigenvalue weighted by Crippen LogP contribution is -2.28. The molecule has 1 aromatic carbocycles. The summed E-state index contributed by atoms with van der Waals surface area (Å²) >= 11 is 0. The topological polar surface area (TPSA) is 58.1 Å². The molecule has 1 saturated heterocycles. The fourth-order valence-electron chi connectivity index (χ4n) is 3.06. The van der Waals surface area contributed by atoms with Gasteiger partial charge in [-0.15, -0.1) is 0 Å². The molecule has 5 heteroatoms. The van der Waals surface area contributed by atoms with Crippen molar-refractivity contribution in [1.82, 2.24) is 15.3 Å². The van der Waals surface area contributed by atoms with Crippen LogP contribution in [0.5, 0.6) is 0 Å². The predicted octanol–water partition coefficient (Wildman–Crippen LogP) is 3.66. The number of amides is 1. The first kappa shape index (κ1) is 17.4. The van der Waals surface area contributed by atoms with E-state index in [1.54, 1.807) is 0 Å². The van der Waals surface area contributed by atoms with Crippen molar-refractivity contribution < 1.29 is 4.79 Å². The second kappa shape index (κ2) is 8.60. The van der Waals surface area contributed by atoms with E-state index < -0.39 is 0 Å². The zero-order chi connectivity index (χ0) is 17.5. The molecule has 0 spiro atoms. The standard InChI is InChI=1S/C20H26N4O/c1-2-12-21-20(25)17-15-18(24-13-8-3-4-9-14-24)23-19(22-17)16-10-6-5-7-11-16/h5-7,10-11,15H,2-4,8-9,12-14H2,1H3,(H,21,25). The Morgan fingerprint density at radius 2 is 1.80 bits per heavy atom. The molecule has 1 aliphatic heterocycles. The van der Waals surface area contributed by atoms with Crippen LogP contribution in [0.3, 0.4) is 0 Å². The first-order chi connectivity index (χ1) is 12.3. The fraction of sp³-hybridized carbons (Fsp3) is 0.450. The summed E-state index contributed by atoms with van der Waals surface area (Å²) in [5, 5.41) is 2.92. The summed E-state index contributed by atoms with van der Waals surface area (Å²) in [7, 11) is 0. The molecule has 0 radical (unpaired) electrons. The largest absolute Gasteiger partial charge is 0.356 e. The summed E-state index contributed by atoms with van der Waals surface area (Å²) < 4.78 is 0. The van der Waals surface area contributed by atoms with Gasteiger partial charge in [-0.25, -0.2) is 9.97 Å². The molecular formula is C20H26N4O. The van der Waals surface area contributed by atoms with Crippen molar-refractivity contribution in [3.05, 3.63) is 42.1 Å². The van der Waals surface area contributed by atoms with Gasteiger partial charge in [0.1, 0.15) is 11.5 Å². The van der Waals surface area contributed by atoms with E-state index in [0.717, 1.165) is 30.9 Å². The van der Waals surface area contributed by atoms with Crippen LogP contribution in [0, 0.1) is 0 Å². The molecular weight excluding hydrogens is 312 g/mol. The lowest BCUT2D eigenvalue weighted by molar-refractivity contribution is 0.0948. The lowest BCUT2D eigenvalue weighted by Gasteiger charge is -2.22. The molecule has 1 aliphatic rings. The number of aromatic nitrogens is 2. The molecule has 25 heavy (non-hydrogen) atoms. The quantitative estimate of drug-likeness (QED) is 0.904. The molecule has 0 atom stereocenters. The Labute approximate surface area is 149 Å². The lowest BCUT2D eigenvalue weighted by atomic mass is 10.2. The summed E-state index contributed by atoms with van der Waals surface area (Å²) in [6.45, 7) is 4.67. The molecule has 0 saturated carbocycles. The van der Waals surface area contributed by atoms with Crippen LogP contribution in [-0.2, 0) is 0 Å². The van der Waals surface area contributed by atoms with Gasteiger partial charge in [0, 0.05) is 31.3 Å². The summed E-state index contributed by atoms with van der Waals surface area (Å²) in [5.41, 5.74) is 1.38. The molecule has 0 unspecified atom stereocenters. The molecule has 1 fully saturated rings. The van der Waals surface area contributed by atoms with E-state index in [-0.39, 0.29) is 5.91 Å². The molecule has 1 aromatic heterocycles. The molecule has 1 N–H and O–H groups in total. The second-order valence-electron chi connectivity index (χ2n) is 6.46. The molecule has 0 bridgehead atoms. The Bertz CT molecular complexity index is 694. The van der Waals surface area contributed by atoms with Gasteiger partial charge in [0.15, 0.2) is 5.82 Å². The molecule has 0 aliphatic carbocycles.